The first-order valence-electron chi connectivity index (χ1n) is 9.33. The van der Waals surface area contributed by atoms with Crippen LogP contribution in [0.2, 0.25) is 0 Å². The monoisotopic (exact) mass is 471 g/mol. The van der Waals surface area contributed by atoms with Crippen LogP contribution in [0.5, 0.6) is 0 Å². The molecule has 5 nitrogen and oxygen atoms in total. The number of nitrogens with zero attached hydrogens (tertiary/aromatic N) is 1. The molecule has 2 aliphatic rings. The van der Waals surface area contributed by atoms with E-state index in [-0.39, 0.29) is 18.4 Å². The molecule has 1 amide bonds. The van der Waals surface area contributed by atoms with Crippen LogP contribution < -0.4 is 0 Å². The maximum atomic E-state index is 12.8. The third-order valence-electron chi connectivity index (χ3n) is 4.82. The van der Waals surface area contributed by atoms with Crippen molar-refractivity contribution in [1.82, 2.24) is 4.90 Å². The van der Waals surface area contributed by atoms with Crippen LogP contribution in [0.25, 0.3) is 0 Å². The summed E-state index contributed by atoms with van der Waals surface area (Å²) in [5, 5.41) is 8.91. The summed E-state index contributed by atoms with van der Waals surface area (Å²) < 4.78 is 12.9. The van der Waals surface area contributed by atoms with Gasteiger partial charge in [-0.25, -0.2) is 0 Å². The molecule has 0 saturated carbocycles. The molecule has 0 unspecified atom stereocenters. The molecule has 1 N–H and O–H groups in total. The van der Waals surface area contributed by atoms with Crippen molar-refractivity contribution in [2.75, 3.05) is 26.3 Å². The van der Waals surface area contributed by atoms with E-state index < -0.39 is 6.29 Å². The third-order valence-corrected chi connectivity index (χ3v) is 5.53. The molecule has 2 heterocycles. The Hall–Kier alpha value is -1.12. The van der Waals surface area contributed by atoms with Crippen LogP contribution in [0.3, 0.4) is 0 Å². The number of ether oxygens (including phenoxy) is 2. The van der Waals surface area contributed by atoms with Gasteiger partial charge in [0.1, 0.15) is 0 Å². The molecule has 1 aromatic rings. The number of benzene rings is 1. The maximum absolute atomic E-state index is 12.8. The van der Waals surface area contributed by atoms with E-state index in [2.05, 4.69) is 46.9 Å². The highest BCUT2D eigenvalue weighted by Gasteiger charge is 2.31. The zero-order valence-corrected chi connectivity index (χ0v) is 17.1. The first kappa shape index (κ1) is 19.6. The highest BCUT2D eigenvalue weighted by atomic mass is 127. The van der Waals surface area contributed by atoms with Gasteiger partial charge in [0, 0.05) is 35.6 Å². The second-order valence-corrected chi connectivity index (χ2v) is 8.02. The third kappa shape index (κ3) is 5.20. The van der Waals surface area contributed by atoms with Gasteiger partial charge in [-0.15, -0.1) is 0 Å². The normalized spacial score (nSPS) is 22.8. The fraction of sp³-hybridized carbons (Fsp3) is 0.550. The maximum Gasteiger partial charge on any atom is 0.288 e. The van der Waals surface area contributed by atoms with Crippen LogP contribution >= 0.6 is 22.6 Å². The van der Waals surface area contributed by atoms with Gasteiger partial charge in [0.25, 0.3) is 5.91 Å². The minimum Gasteiger partial charge on any atom is -0.459 e. The smallest absolute Gasteiger partial charge is 0.288 e. The fourth-order valence-electron chi connectivity index (χ4n) is 3.36. The van der Waals surface area contributed by atoms with Crippen LogP contribution in [0, 0.1) is 3.57 Å². The van der Waals surface area contributed by atoms with Crippen molar-refractivity contribution in [2.45, 2.75) is 44.3 Å². The van der Waals surface area contributed by atoms with Gasteiger partial charge >= 0.3 is 0 Å². The average molecular weight is 471 g/mol. The number of aliphatic hydroxyl groups excluding tert-OH is 1. The average Bonchev–Trinajstić information content (AvgIpc) is 3.20. The van der Waals surface area contributed by atoms with Gasteiger partial charge in [-0.1, -0.05) is 12.1 Å². The molecule has 142 valence electrons. The van der Waals surface area contributed by atoms with Gasteiger partial charge in [-0.3, -0.25) is 4.79 Å². The Morgan fingerprint density at radius 1 is 1.23 bits per heavy atom. The van der Waals surface area contributed by atoms with E-state index in [0.717, 1.165) is 32.4 Å². The molecule has 2 atom stereocenters. The van der Waals surface area contributed by atoms with E-state index in [0.29, 0.717) is 25.2 Å². The number of allylic oxidation sites excluding steroid dienone is 1. The summed E-state index contributed by atoms with van der Waals surface area (Å²) in [6.45, 7) is 2.29. The number of hydrogen-bond donors (Lipinski definition) is 1. The fourth-order valence-corrected chi connectivity index (χ4v) is 3.72. The molecule has 6 heteroatoms. The van der Waals surface area contributed by atoms with Crippen molar-refractivity contribution in [3.8, 4) is 0 Å². The summed E-state index contributed by atoms with van der Waals surface area (Å²) in [5.41, 5.74) is 1.17. The summed E-state index contributed by atoms with van der Waals surface area (Å²) in [6, 6.07) is 8.38. The molecule has 1 aromatic carbocycles. The molecule has 1 fully saturated rings. The Bertz CT molecular complexity index is 625. The van der Waals surface area contributed by atoms with Crippen molar-refractivity contribution >= 4 is 28.5 Å². The first-order valence-corrected chi connectivity index (χ1v) is 10.4. The summed E-state index contributed by atoms with van der Waals surface area (Å²) in [6.07, 6.45) is 5.82. The Balaban J connectivity index is 1.73. The van der Waals surface area contributed by atoms with Gasteiger partial charge in [0.05, 0.1) is 6.61 Å². The molecule has 0 aromatic heterocycles. The first-order chi connectivity index (χ1) is 12.7. The summed E-state index contributed by atoms with van der Waals surface area (Å²) in [5.74, 6) is 0.487. The zero-order valence-electron chi connectivity index (χ0n) is 14.9. The van der Waals surface area contributed by atoms with E-state index >= 15 is 0 Å². The zero-order chi connectivity index (χ0) is 18.4. The predicted octanol–water partition coefficient (Wildman–Crippen LogP) is 3.42. The number of hydrogen-bond acceptors (Lipinski definition) is 4. The largest absolute Gasteiger partial charge is 0.459 e. The SMILES string of the molecule is O=C(C1=C[C@@H](c2ccc(I)cc2)C[C@@H](OCCCCO)O1)N1CCCC1. The Labute approximate surface area is 168 Å². The number of aliphatic hydroxyl groups is 1. The van der Waals surface area contributed by atoms with E-state index in [4.69, 9.17) is 14.6 Å². The van der Waals surface area contributed by atoms with Crippen LogP contribution in [-0.4, -0.2) is 48.5 Å². The Morgan fingerprint density at radius 2 is 1.96 bits per heavy atom. The lowest BCUT2D eigenvalue weighted by Gasteiger charge is -2.30. The number of halogens is 1. The second kappa shape index (κ2) is 9.71. The van der Waals surface area contributed by atoms with Crippen LogP contribution in [0.1, 0.15) is 43.6 Å². The van der Waals surface area contributed by atoms with E-state index in [9.17, 15) is 4.79 Å². The Morgan fingerprint density at radius 3 is 2.65 bits per heavy atom. The van der Waals surface area contributed by atoms with E-state index in [1.807, 2.05) is 11.0 Å². The summed E-state index contributed by atoms with van der Waals surface area (Å²) in [7, 11) is 0. The van der Waals surface area contributed by atoms with Gasteiger partial charge in [-0.05, 0) is 72.0 Å². The van der Waals surface area contributed by atoms with Gasteiger partial charge in [0.2, 0.25) is 6.29 Å². The second-order valence-electron chi connectivity index (χ2n) is 6.77. The van der Waals surface area contributed by atoms with E-state index in [1.54, 1.807) is 0 Å². The highest BCUT2D eigenvalue weighted by Crippen LogP contribution is 2.32. The molecule has 3 rings (SSSR count). The molecular weight excluding hydrogens is 445 g/mol. The van der Waals surface area contributed by atoms with E-state index in [1.165, 1.54) is 9.13 Å². The van der Waals surface area contributed by atoms with Crippen LogP contribution in [0.15, 0.2) is 36.1 Å². The predicted molar refractivity (Wildman–Crippen MR) is 108 cm³/mol. The van der Waals surface area contributed by atoms with Crippen molar-refractivity contribution in [1.29, 1.82) is 0 Å². The molecule has 1 saturated heterocycles. The molecular formula is C20H26INO4. The molecule has 26 heavy (non-hydrogen) atoms. The number of carbonyl (C=O) groups excluding carboxylic acids is 1. The lowest BCUT2D eigenvalue weighted by atomic mass is 9.93. The molecule has 2 aliphatic heterocycles. The van der Waals surface area contributed by atoms with Gasteiger partial charge < -0.3 is 19.5 Å². The Kier molecular flexibility index (Phi) is 7.33. The standard InChI is InChI=1S/C20H26INO4/c21-17-7-5-15(6-8-17)16-13-18(20(24)22-9-1-2-10-22)26-19(14-16)25-12-4-3-11-23/h5-8,13,16,19,23H,1-4,9-12,14H2/t16-,19+/m1/s1. The number of rotatable bonds is 7. The van der Waals surface area contributed by atoms with Crippen molar-refractivity contribution in [3.05, 3.63) is 45.2 Å². The number of carbonyl (C=O) groups is 1. The molecule has 0 spiro atoms. The van der Waals surface area contributed by atoms with Crippen LogP contribution in [0.4, 0.5) is 0 Å². The summed E-state index contributed by atoms with van der Waals surface area (Å²) >= 11 is 2.29. The quantitative estimate of drug-likeness (QED) is 0.489. The molecule has 0 aliphatic carbocycles. The van der Waals surface area contributed by atoms with Gasteiger partial charge in [0.15, 0.2) is 5.76 Å². The molecule has 0 bridgehead atoms. The van der Waals surface area contributed by atoms with Gasteiger partial charge in [-0.2, -0.15) is 0 Å². The topological polar surface area (TPSA) is 59.0 Å². The molecule has 0 radical (unpaired) electrons. The van der Waals surface area contributed by atoms with Crippen molar-refractivity contribution in [3.63, 3.8) is 0 Å². The highest BCUT2D eigenvalue weighted by molar-refractivity contribution is 14.1. The van der Waals surface area contributed by atoms with Crippen molar-refractivity contribution in [2.24, 2.45) is 0 Å². The minimum atomic E-state index is -0.426. The lowest BCUT2D eigenvalue weighted by molar-refractivity contribution is -0.152. The van der Waals surface area contributed by atoms with Crippen molar-refractivity contribution < 1.29 is 19.4 Å². The summed E-state index contributed by atoms with van der Waals surface area (Å²) in [4.78, 5) is 14.7. The lowest BCUT2D eigenvalue weighted by Crippen LogP contribution is -2.35. The number of unbranched alkanes of at least 4 members (excludes halogenated alkanes) is 1. The van der Waals surface area contributed by atoms with Crippen LogP contribution in [-0.2, 0) is 14.3 Å². The number of likely N-dealkylation sites (tertiary alicyclic amines) is 1. The number of amides is 1. The minimum absolute atomic E-state index is 0.0262.